The fraction of sp³-hybridized carbons (Fsp3) is 0.185. The van der Waals surface area contributed by atoms with E-state index in [0.29, 0.717) is 0 Å². The van der Waals surface area contributed by atoms with Crippen LogP contribution in [0.4, 0.5) is 5.00 Å². The van der Waals surface area contributed by atoms with E-state index in [1.807, 2.05) is 12.1 Å². The first-order valence-corrected chi connectivity index (χ1v) is 11.7. The Balaban J connectivity index is 1.66. The van der Waals surface area contributed by atoms with Crippen molar-refractivity contribution in [2.75, 3.05) is 13.1 Å². The summed E-state index contributed by atoms with van der Waals surface area (Å²) in [5.74, 6) is 1.06. The van der Waals surface area contributed by atoms with Crippen LogP contribution in [0.3, 0.4) is 0 Å². The summed E-state index contributed by atoms with van der Waals surface area (Å²) in [4.78, 5) is 12.7. The minimum atomic E-state index is 0.954. The molecule has 31 heavy (non-hydrogen) atoms. The first-order valence-electron chi connectivity index (χ1n) is 10.9. The zero-order chi connectivity index (χ0) is 20.9. The van der Waals surface area contributed by atoms with E-state index in [2.05, 4.69) is 83.8 Å². The van der Waals surface area contributed by atoms with Crippen molar-refractivity contribution >= 4 is 22.2 Å². The predicted octanol–water partition coefficient (Wildman–Crippen LogP) is 7.04. The van der Waals surface area contributed by atoms with Gasteiger partial charge in [0.15, 0.2) is 0 Å². The van der Waals surface area contributed by atoms with Gasteiger partial charge in [-0.05, 0) is 19.3 Å². The van der Waals surface area contributed by atoms with Crippen molar-refractivity contribution < 1.29 is 0 Å². The van der Waals surface area contributed by atoms with E-state index < -0.39 is 0 Å². The van der Waals surface area contributed by atoms with Crippen molar-refractivity contribution in [3.05, 3.63) is 96.6 Å². The van der Waals surface area contributed by atoms with Crippen molar-refractivity contribution in [1.82, 2.24) is 9.88 Å². The molecule has 3 nitrogen and oxygen atoms in total. The third-order valence-electron chi connectivity index (χ3n) is 5.57. The van der Waals surface area contributed by atoms with Gasteiger partial charge < -0.3 is 4.90 Å². The molecule has 2 heterocycles. The maximum absolute atomic E-state index is 5.27. The van der Waals surface area contributed by atoms with Crippen LogP contribution < -0.4 is 0 Å². The smallest absolute Gasteiger partial charge is 0.146 e. The Morgan fingerprint density at radius 3 is 1.94 bits per heavy atom. The number of thiazole rings is 1. The first-order chi connectivity index (χ1) is 15.4. The Morgan fingerprint density at radius 2 is 1.29 bits per heavy atom. The second-order valence-electron chi connectivity index (χ2n) is 7.75. The summed E-state index contributed by atoms with van der Waals surface area (Å²) in [6.45, 7) is 2.11. The summed E-state index contributed by atoms with van der Waals surface area (Å²) >= 11 is 1.67. The van der Waals surface area contributed by atoms with Gasteiger partial charge in [-0.25, -0.2) is 9.98 Å². The highest BCUT2D eigenvalue weighted by atomic mass is 32.1. The van der Waals surface area contributed by atoms with Crippen LogP contribution in [-0.2, 0) is 0 Å². The molecule has 4 aromatic rings. The number of hydrogen-bond acceptors (Lipinski definition) is 3. The fourth-order valence-corrected chi connectivity index (χ4v) is 4.95. The molecule has 1 aliphatic rings. The number of hydrogen-bond donors (Lipinski definition) is 0. The van der Waals surface area contributed by atoms with Crippen LogP contribution in [0, 0.1) is 0 Å². The van der Waals surface area contributed by atoms with Crippen LogP contribution in [-0.4, -0.2) is 28.8 Å². The number of aromatic nitrogens is 1. The number of benzene rings is 3. The van der Waals surface area contributed by atoms with Crippen LogP contribution in [0.1, 0.15) is 24.8 Å². The van der Waals surface area contributed by atoms with Gasteiger partial charge in [0, 0.05) is 29.8 Å². The van der Waals surface area contributed by atoms with Crippen molar-refractivity contribution in [3.8, 4) is 21.8 Å². The molecule has 0 unspecified atom stereocenters. The molecule has 4 heteroatoms. The van der Waals surface area contributed by atoms with Crippen molar-refractivity contribution in [2.24, 2.45) is 4.99 Å². The maximum Gasteiger partial charge on any atom is 0.146 e. The van der Waals surface area contributed by atoms with Crippen LogP contribution in [0.25, 0.3) is 21.8 Å². The monoisotopic (exact) mass is 423 g/mol. The zero-order valence-electron chi connectivity index (χ0n) is 17.4. The number of likely N-dealkylation sites (tertiary alicyclic amines) is 1. The molecule has 5 rings (SSSR count). The van der Waals surface area contributed by atoms with Gasteiger partial charge in [0.2, 0.25) is 0 Å². The molecule has 1 fully saturated rings. The van der Waals surface area contributed by atoms with E-state index >= 15 is 0 Å². The molecule has 0 amide bonds. The second kappa shape index (κ2) is 9.27. The number of aliphatic imine (C=N–C) groups is 1. The normalized spacial score (nSPS) is 14.6. The predicted molar refractivity (Wildman–Crippen MR) is 131 cm³/mol. The average molecular weight is 424 g/mol. The molecule has 0 N–H and O–H groups in total. The Labute approximate surface area is 187 Å². The molecule has 0 aliphatic carbocycles. The molecule has 0 atom stereocenters. The topological polar surface area (TPSA) is 28.5 Å². The van der Waals surface area contributed by atoms with Gasteiger partial charge in [-0.1, -0.05) is 102 Å². The Kier molecular flexibility index (Phi) is 5.90. The van der Waals surface area contributed by atoms with Crippen LogP contribution in [0.2, 0.25) is 0 Å². The quantitative estimate of drug-likeness (QED) is 0.260. The molecular formula is C27H25N3S. The average Bonchev–Trinajstić information content (AvgIpc) is 3.29. The van der Waals surface area contributed by atoms with Crippen LogP contribution in [0.5, 0.6) is 0 Å². The highest BCUT2D eigenvalue weighted by Gasteiger charge is 2.20. The Morgan fingerprint density at radius 1 is 0.710 bits per heavy atom. The second-order valence-corrected chi connectivity index (χ2v) is 8.73. The minimum Gasteiger partial charge on any atom is -0.356 e. The lowest BCUT2D eigenvalue weighted by atomic mass is 10.1. The van der Waals surface area contributed by atoms with Crippen molar-refractivity contribution in [2.45, 2.75) is 19.3 Å². The summed E-state index contributed by atoms with van der Waals surface area (Å²) in [7, 11) is 0. The van der Waals surface area contributed by atoms with E-state index in [0.717, 1.165) is 51.3 Å². The van der Waals surface area contributed by atoms with E-state index in [-0.39, 0.29) is 0 Å². The van der Waals surface area contributed by atoms with E-state index in [1.54, 1.807) is 11.3 Å². The van der Waals surface area contributed by atoms with Gasteiger partial charge in [-0.2, -0.15) is 0 Å². The highest BCUT2D eigenvalue weighted by Crippen LogP contribution is 2.40. The maximum atomic E-state index is 5.27. The number of amidine groups is 1. The van der Waals surface area contributed by atoms with Gasteiger partial charge >= 0.3 is 0 Å². The lowest BCUT2D eigenvalue weighted by molar-refractivity contribution is 0.343. The highest BCUT2D eigenvalue weighted by molar-refractivity contribution is 7.19. The molecular weight excluding hydrogens is 398 g/mol. The van der Waals surface area contributed by atoms with Crippen LogP contribution >= 0.6 is 11.3 Å². The first kappa shape index (κ1) is 19.7. The fourth-order valence-electron chi connectivity index (χ4n) is 3.98. The van der Waals surface area contributed by atoms with Crippen molar-refractivity contribution in [1.29, 1.82) is 0 Å². The summed E-state index contributed by atoms with van der Waals surface area (Å²) < 4.78 is 0. The van der Waals surface area contributed by atoms with E-state index in [9.17, 15) is 0 Å². The van der Waals surface area contributed by atoms with Gasteiger partial charge in [-0.15, -0.1) is 0 Å². The largest absolute Gasteiger partial charge is 0.356 e. The molecule has 0 bridgehead atoms. The van der Waals surface area contributed by atoms with Gasteiger partial charge in [-0.3, -0.25) is 0 Å². The summed E-state index contributed by atoms with van der Waals surface area (Å²) in [5.41, 5.74) is 4.35. The molecule has 0 radical (unpaired) electrons. The molecule has 0 spiro atoms. The molecule has 0 saturated carbocycles. The Bertz CT molecular complexity index is 1150. The lowest BCUT2D eigenvalue weighted by Crippen LogP contribution is -2.36. The minimum absolute atomic E-state index is 0.954. The lowest BCUT2D eigenvalue weighted by Gasteiger charge is -2.30. The third kappa shape index (κ3) is 4.44. The molecule has 1 aromatic heterocycles. The third-order valence-corrected chi connectivity index (χ3v) is 6.57. The summed E-state index contributed by atoms with van der Waals surface area (Å²) in [5, 5.41) is 1.97. The number of piperidine rings is 1. The van der Waals surface area contributed by atoms with Gasteiger partial charge in [0.1, 0.15) is 21.5 Å². The summed E-state index contributed by atoms with van der Waals surface area (Å²) in [6, 6.07) is 31.4. The standard InChI is InChI=1S/C27H25N3S/c1-5-13-21(14-6-1)24-27(31-26(28-24)23-17-9-3-10-18-23)29-25(22-15-7-2-8-16-22)30-19-11-4-12-20-30/h1-3,5-10,13-18H,4,11-12,19-20H2/b29-25-. The van der Waals surface area contributed by atoms with Gasteiger partial charge in [0.05, 0.1) is 0 Å². The molecule has 1 saturated heterocycles. The van der Waals surface area contributed by atoms with E-state index in [1.165, 1.54) is 19.3 Å². The number of nitrogens with zero attached hydrogens (tertiary/aromatic N) is 3. The van der Waals surface area contributed by atoms with E-state index in [4.69, 9.17) is 9.98 Å². The molecule has 154 valence electrons. The Hall–Kier alpha value is -3.24. The number of rotatable bonds is 4. The van der Waals surface area contributed by atoms with Gasteiger partial charge in [0.25, 0.3) is 0 Å². The molecule has 3 aromatic carbocycles. The SMILES string of the molecule is c1ccc(/C(=N/c2sc(-c3ccccc3)nc2-c2ccccc2)N2CCCCC2)cc1. The van der Waals surface area contributed by atoms with Crippen molar-refractivity contribution in [3.63, 3.8) is 0 Å². The zero-order valence-corrected chi connectivity index (χ0v) is 18.3. The van der Waals surface area contributed by atoms with Crippen LogP contribution in [0.15, 0.2) is 96.0 Å². The summed E-state index contributed by atoms with van der Waals surface area (Å²) in [6.07, 6.45) is 3.73. The molecule has 1 aliphatic heterocycles.